The highest BCUT2D eigenvalue weighted by molar-refractivity contribution is 7.90. The van der Waals surface area contributed by atoms with Gasteiger partial charge in [0, 0.05) is 36.8 Å². The molecule has 102 valence electrons. The maximum absolute atomic E-state index is 11.5. The standard InChI is InChI=1S/C13H17N3O2S/c1-3-16-10-11(9-15-16)8-14-12-5-4-6-13(7-12)19(2,17)18/h4-7,9-10,14H,3,8H2,1-2H3. The van der Waals surface area contributed by atoms with E-state index in [0.717, 1.165) is 17.8 Å². The summed E-state index contributed by atoms with van der Waals surface area (Å²) < 4.78 is 24.8. The van der Waals surface area contributed by atoms with Crippen LogP contribution in [0.3, 0.4) is 0 Å². The number of anilines is 1. The molecule has 0 aliphatic rings. The second-order valence-electron chi connectivity index (χ2n) is 4.36. The number of hydrogen-bond acceptors (Lipinski definition) is 4. The molecule has 0 aliphatic heterocycles. The third-order valence-electron chi connectivity index (χ3n) is 2.77. The molecule has 6 heteroatoms. The lowest BCUT2D eigenvalue weighted by Crippen LogP contribution is -2.01. The first-order chi connectivity index (χ1) is 8.99. The Morgan fingerprint density at radius 3 is 2.79 bits per heavy atom. The summed E-state index contributed by atoms with van der Waals surface area (Å²) in [5.41, 5.74) is 1.85. The highest BCUT2D eigenvalue weighted by atomic mass is 32.2. The summed E-state index contributed by atoms with van der Waals surface area (Å²) >= 11 is 0. The van der Waals surface area contributed by atoms with Crippen LogP contribution in [-0.4, -0.2) is 24.5 Å². The Morgan fingerprint density at radius 1 is 1.37 bits per heavy atom. The number of aromatic nitrogens is 2. The highest BCUT2D eigenvalue weighted by Crippen LogP contribution is 2.16. The predicted molar refractivity (Wildman–Crippen MR) is 74.8 cm³/mol. The molecule has 1 N–H and O–H groups in total. The molecule has 0 saturated heterocycles. The summed E-state index contributed by atoms with van der Waals surface area (Å²) in [6.45, 7) is 3.48. The first-order valence-corrected chi connectivity index (χ1v) is 7.93. The number of benzene rings is 1. The van der Waals surface area contributed by atoms with E-state index < -0.39 is 9.84 Å². The van der Waals surface area contributed by atoms with E-state index in [9.17, 15) is 8.42 Å². The molecule has 2 rings (SSSR count). The second-order valence-corrected chi connectivity index (χ2v) is 6.37. The zero-order valence-corrected chi connectivity index (χ0v) is 11.8. The maximum atomic E-state index is 11.5. The van der Waals surface area contributed by atoms with Crippen LogP contribution in [0.15, 0.2) is 41.6 Å². The normalized spacial score (nSPS) is 11.5. The van der Waals surface area contributed by atoms with Crippen LogP contribution >= 0.6 is 0 Å². The van der Waals surface area contributed by atoms with E-state index >= 15 is 0 Å². The van der Waals surface area contributed by atoms with Gasteiger partial charge in [-0.2, -0.15) is 5.10 Å². The third-order valence-corrected chi connectivity index (χ3v) is 3.88. The Bertz CT molecular complexity index is 662. The average molecular weight is 279 g/mol. The Balaban J connectivity index is 2.07. The van der Waals surface area contributed by atoms with Gasteiger partial charge in [-0.1, -0.05) is 6.07 Å². The summed E-state index contributed by atoms with van der Waals surface area (Å²) in [6, 6.07) is 6.81. The monoisotopic (exact) mass is 279 g/mol. The van der Waals surface area contributed by atoms with Crippen LogP contribution in [0.2, 0.25) is 0 Å². The van der Waals surface area contributed by atoms with Gasteiger partial charge in [-0.3, -0.25) is 4.68 Å². The molecule has 0 radical (unpaired) electrons. The van der Waals surface area contributed by atoms with Crippen molar-refractivity contribution in [2.24, 2.45) is 0 Å². The molecule has 1 aromatic heterocycles. The van der Waals surface area contributed by atoms with Crippen LogP contribution in [0, 0.1) is 0 Å². The number of rotatable bonds is 5. The van der Waals surface area contributed by atoms with E-state index in [1.165, 1.54) is 6.26 Å². The van der Waals surface area contributed by atoms with Crippen LogP contribution in [0.5, 0.6) is 0 Å². The molecule has 0 aliphatic carbocycles. The third kappa shape index (κ3) is 3.57. The largest absolute Gasteiger partial charge is 0.381 e. The Kier molecular flexibility index (Phi) is 3.90. The van der Waals surface area contributed by atoms with E-state index in [4.69, 9.17) is 0 Å². The molecule has 0 unspecified atom stereocenters. The molecule has 0 bridgehead atoms. The van der Waals surface area contributed by atoms with Gasteiger partial charge in [0.05, 0.1) is 11.1 Å². The maximum Gasteiger partial charge on any atom is 0.175 e. The Hall–Kier alpha value is -1.82. The van der Waals surface area contributed by atoms with Crippen molar-refractivity contribution in [3.63, 3.8) is 0 Å². The fraction of sp³-hybridized carbons (Fsp3) is 0.308. The van der Waals surface area contributed by atoms with Gasteiger partial charge in [0.15, 0.2) is 9.84 Å². The first kappa shape index (κ1) is 13.6. The molecule has 1 aromatic carbocycles. The lowest BCUT2D eigenvalue weighted by atomic mass is 10.3. The minimum atomic E-state index is -3.16. The number of sulfone groups is 1. The van der Waals surface area contributed by atoms with Crippen molar-refractivity contribution in [2.45, 2.75) is 24.9 Å². The van der Waals surface area contributed by atoms with Gasteiger partial charge in [-0.25, -0.2) is 8.42 Å². The van der Waals surface area contributed by atoms with Crippen LogP contribution in [0.1, 0.15) is 12.5 Å². The Morgan fingerprint density at radius 2 is 2.16 bits per heavy atom. The summed E-state index contributed by atoms with van der Waals surface area (Å²) in [5, 5.41) is 7.38. The van der Waals surface area contributed by atoms with Crippen molar-refractivity contribution < 1.29 is 8.42 Å². The van der Waals surface area contributed by atoms with Gasteiger partial charge < -0.3 is 5.32 Å². The van der Waals surface area contributed by atoms with Gasteiger partial charge in [-0.05, 0) is 25.1 Å². The lowest BCUT2D eigenvalue weighted by Gasteiger charge is -2.06. The van der Waals surface area contributed by atoms with E-state index in [1.807, 2.05) is 23.9 Å². The van der Waals surface area contributed by atoms with Crippen molar-refractivity contribution >= 4 is 15.5 Å². The average Bonchev–Trinajstić information content (AvgIpc) is 2.84. The summed E-state index contributed by atoms with van der Waals surface area (Å²) in [7, 11) is -3.16. The SMILES string of the molecule is CCn1cc(CNc2cccc(S(C)(=O)=O)c2)cn1. The predicted octanol–water partition coefficient (Wildman–Crippen LogP) is 1.92. The number of nitrogens with zero attached hydrogens (tertiary/aromatic N) is 2. The van der Waals surface area contributed by atoms with Gasteiger partial charge in [0.25, 0.3) is 0 Å². The molecule has 19 heavy (non-hydrogen) atoms. The van der Waals surface area contributed by atoms with Crippen molar-refractivity contribution in [1.29, 1.82) is 0 Å². The quantitative estimate of drug-likeness (QED) is 0.908. The minimum absolute atomic E-state index is 0.321. The summed E-state index contributed by atoms with van der Waals surface area (Å²) in [4.78, 5) is 0.321. The van der Waals surface area contributed by atoms with Crippen molar-refractivity contribution in [3.8, 4) is 0 Å². The molecule has 5 nitrogen and oxygen atoms in total. The molecular formula is C13H17N3O2S. The Labute approximate surface area is 113 Å². The van der Waals surface area contributed by atoms with Gasteiger partial charge in [-0.15, -0.1) is 0 Å². The molecule has 0 fully saturated rings. The van der Waals surface area contributed by atoms with E-state index in [2.05, 4.69) is 10.4 Å². The molecule has 0 amide bonds. The van der Waals surface area contributed by atoms with Gasteiger partial charge in [0.1, 0.15) is 0 Å². The second kappa shape index (κ2) is 5.44. The summed E-state index contributed by atoms with van der Waals surface area (Å²) in [6.07, 6.45) is 4.97. The van der Waals surface area contributed by atoms with Crippen LogP contribution < -0.4 is 5.32 Å². The molecule has 0 saturated carbocycles. The molecular weight excluding hydrogens is 262 g/mol. The zero-order valence-electron chi connectivity index (χ0n) is 11.0. The molecule has 1 heterocycles. The van der Waals surface area contributed by atoms with Crippen LogP contribution in [-0.2, 0) is 22.9 Å². The van der Waals surface area contributed by atoms with Crippen molar-refractivity contribution in [3.05, 3.63) is 42.2 Å². The first-order valence-electron chi connectivity index (χ1n) is 6.04. The molecule has 2 aromatic rings. The van der Waals surface area contributed by atoms with Crippen molar-refractivity contribution in [1.82, 2.24) is 9.78 Å². The minimum Gasteiger partial charge on any atom is -0.381 e. The summed E-state index contributed by atoms with van der Waals surface area (Å²) in [5.74, 6) is 0. The lowest BCUT2D eigenvalue weighted by molar-refractivity contribution is 0.602. The van der Waals surface area contributed by atoms with E-state index in [1.54, 1.807) is 24.4 Å². The molecule has 0 spiro atoms. The fourth-order valence-electron chi connectivity index (χ4n) is 1.71. The van der Waals surface area contributed by atoms with Gasteiger partial charge >= 0.3 is 0 Å². The van der Waals surface area contributed by atoms with E-state index in [-0.39, 0.29) is 0 Å². The molecule has 0 atom stereocenters. The van der Waals surface area contributed by atoms with Crippen molar-refractivity contribution in [2.75, 3.05) is 11.6 Å². The fourth-order valence-corrected chi connectivity index (χ4v) is 2.38. The topological polar surface area (TPSA) is 64.0 Å². The van der Waals surface area contributed by atoms with E-state index in [0.29, 0.717) is 11.4 Å². The van der Waals surface area contributed by atoms with Crippen LogP contribution in [0.4, 0.5) is 5.69 Å². The number of nitrogens with one attached hydrogen (secondary N) is 1. The van der Waals surface area contributed by atoms with Gasteiger partial charge in [0.2, 0.25) is 0 Å². The number of aryl methyl sites for hydroxylation is 1. The highest BCUT2D eigenvalue weighted by Gasteiger charge is 2.07. The van der Waals surface area contributed by atoms with Crippen LogP contribution in [0.25, 0.3) is 0 Å². The smallest absolute Gasteiger partial charge is 0.175 e. The zero-order chi connectivity index (χ0) is 13.9. The number of hydrogen-bond donors (Lipinski definition) is 1.